The van der Waals surface area contributed by atoms with Crippen LogP contribution in [0.5, 0.6) is 0 Å². The number of H-pyrrole nitrogens is 1. The summed E-state index contributed by atoms with van der Waals surface area (Å²) in [7, 11) is 0. The maximum Gasteiger partial charge on any atom is 0.238 e. The predicted octanol–water partition coefficient (Wildman–Crippen LogP) is 2.72. The third kappa shape index (κ3) is 2.96. The molecule has 7 nitrogen and oxygen atoms in total. The fraction of sp³-hybridized carbons (Fsp3) is 0.222. The molecule has 1 atom stereocenters. The van der Waals surface area contributed by atoms with Gasteiger partial charge in [0.25, 0.3) is 0 Å². The van der Waals surface area contributed by atoms with Crippen LogP contribution in [0.25, 0.3) is 11.0 Å². The van der Waals surface area contributed by atoms with Crippen LogP contribution in [-0.2, 0) is 9.59 Å². The van der Waals surface area contributed by atoms with E-state index in [1.807, 2.05) is 18.3 Å². The maximum absolute atomic E-state index is 12.6. The summed E-state index contributed by atoms with van der Waals surface area (Å²) in [5.41, 5.74) is 1.64. The summed E-state index contributed by atoms with van der Waals surface area (Å²) in [5, 5.41) is 7.33. The minimum atomic E-state index is -0.276. The number of pyridine rings is 1. The quantitative estimate of drug-likeness (QED) is 0.575. The van der Waals surface area contributed by atoms with Gasteiger partial charge in [0, 0.05) is 30.6 Å². The Morgan fingerprint density at radius 1 is 1.12 bits per heavy atom. The Labute approximate surface area is 158 Å². The highest BCUT2D eigenvalue weighted by atomic mass is 79.9. The number of allylic oxidation sites excluding steroid dienone is 2. The van der Waals surface area contributed by atoms with Crippen LogP contribution in [0.1, 0.15) is 12.8 Å². The first kappa shape index (κ1) is 16.7. The van der Waals surface area contributed by atoms with Crippen molar-refractivity contribution in [3.63, 3.8) is 0 Å². The van der Waals surface area contributed by atoms with Crippen LogP contribution in [0.15, 0.2) is 53.9 Å². The molecule has 4 rings (SSSR count). The van der Waals surface area contributed by atoms with Crippen LogP contribution in [0.3, 0.4) is 0 Å². The predicted molar refractivity (Wildman–Crippen MR) is 103 cm³/mol. The zero-order valence-electron chi connectivity index (χ0n) is 13.8. The summed E-state index contributed by atoms with van der Waals surface area (Å²) in [4.78, 5) is 33.5. The lowest BCUT2D eigenvalue weighted by atomic mass is 10.2. The number of anilines is 1. The maximum atomic E-state index is 12.6. The lowest BCUT2D eigenvalue weighted by Gasteiger charge is -2.20. The van der Waals surface area contributed by atoms with Gasteiger partial charge in [-0.25, -0.2) is 9.88 Å². The Kier molecular flexibility index (Phi) is 4.42. The average Bonchev–Trinajstić information content (AvgIpc) is 3.25. The molecule has 2 aliphatic rings. The summed E-state index contributed by atoms with van der Waals surface area (Å²) >= 11 is 3.57. The van der Waals surface area contributed by atoms with Gasteiger partial charge >= 0.3 is 0 Å². The molecular weight excluding hydrogens is 398 g/mol. The smallest absolute Gasteiger partial charge is 0.238 e. The number of fused-ring (bicyclic) bond motifs is 1. The van der Waals surface area contributed by atoms with Crippen molar-refractivity contribution in [2.75, 3.05) is 11.6 Å². The average molecular weight is 414 g/mol. The number of amidine groups is 1. The van der Waals surface area contributed by atoms with Gasteiger partial charge in [-0.2, -0.15) is 5.10 Å². The van der Waals surface area contributed by atoms with Crippen molar-refractivity contribution in [2.24, 2.45) is 5.10 Å². The highest BCUT2D eigenvalue weighted by molar-refractivity contribution is 9.10. The minimum absolute atomic E-state index is 0.159. The second-order valence-corrected chi connectivity index (χ2v) is 7.07. The Morgan fingerprint density at radius 2 is 1.85 bits per heavy atom. The van der Waals surface area contributed by atoms with Gasteiger partial charge in [-0.1, -0.05) is 40.2 Å². The molecule has 132 valence electrons. The molecule has 0 aromatic carbocycles. The fourth-order valence-corrected chi connectivity index (χ4v) is 3.61. The van der Waals surface area contributed by atoms with Gasteiger partial charge in [-0.05, 0) is 12.1 Å². The highest BCUT2D eigenvalue weighted by Crippen LogP contribution is 2.30. The summed E-state index contributed by atoms with van der Waals surface area (Å²) < 4.78 is 0. The number of nitrogens with zero attached hydrogens (tertiary/aromatic N) is 4. The molecule has 2 aromatic heterocycles. The Morgan fingerprint density at radius 3 is 2.58 bits per heavy atom. The van der Waals surface area contributed by atoms with Crippen molar-refractivity contribution in [2.45, 2.75) is 17.7 Å². The van der Waals surface area contributed by atoms with E-state index >= 15 is 0 Å². The van der Waals surface area contributed by atoms with Crippen LogP contribution in [0, 0.1) is 0 Å². The van der Waals surface area contributed by atoms with Gasteiger partial charge in [0.1, 0.15) is 5.65 Å². The first-order valence-electron chi connectivity index (χ1n) is 8.25. The molecule has 2 aromatic rings. The van der Waals surface area contributed by atoms with Gasteiger partial charge in [0.05, 0.1) is 17.1 Å². The number of hydrazone groups is 1. The lowest BCUT2D eigenvalue weighted by molar-refractivity contribution is -0.138. The number of alkyl halides is 1. The van der Waals surface area contributed by atoms with Crippen LogP contribution in [0.4, 0.5) is 5.69 Å². The van der Waals surface area contributed by atoms with Crippen LogP contribution < -0.4 is 5.01 Å². The Hall–Kier alpha value is -2.74. The second-order valence-electron chi connectivity index (χ2n) is 5.97. The van der Waals surface area contributed by atoms with Crippen molar-refractivity contribution in [3.05, 3.63) is 48.8 Å². The monoisotopic (exact) mass is 413 g/mol. The van der Waals surface area contributed by atoms with Crippen LogP contribution >= 0.6 is 15.9 Å². The number of halogens is 1. The summed E-state index contributed by atoms with van der Waals surface area (Å²) in [6.07, 6.45) is 10.9. The number of aromatic amines is 1. The molecule has 8 heteroatoms. The van der Waals surface area contributed by atoms with Crippen molar-refractivity contribution in [3.8, 4) is 0 Å². The van der Waals surface area contributed by atoms with Crippen LogP contribution in [0.2, 0.25) is 0 Å². The molecule has 0 aliphatic carbocycles. The van der Waals surface area contributed by atoms with E-state index in [2.05, 4.69) is 31.0 Å². The van der Waals surface area contributed by atoms with E-state index in [0.717, 1.165) is 16.7 Å². The molecule has 2 aliphatic heterocycles. The molecule has 0 radical (unpaired) electrons. The SMILES string of the molecule is O=C1C/C=C\C=C/CC(=O)N1C1=NN(c2ccnc3[nH]ccc23)CC1Br. The van der Waals surface area contributed by atoms with Crippen molar-refractivity contribution in [1.82, 2.24) is 14.9 Å². The zero-order chi connectivity index (χ0) is 18.1. The van der Waals surface area contributed by atoms with Crippen LogP contribution in [-0.4, -0.2) is 43.9 Å². The third-order valence-corrected chi connectivity index (χ3v) is 4.95. The molecule has 26 heavy (non-hydrogen) atoms. The van der Waals surface area contributed by atoms with E-state index in [1.54, 1.807) is 35.5 Å². The van der Waals surface area contributed by atoms with Gasteiger partial charge in [0.15, 0.2) is 5.84 Å². The van der Waals surface area contributed by atoms with E-state index in [1.165, 1.54) is 4.90 Å². The van der Waals surface area contributed by atoms with E-state index in [9.17, 15) is 9.59 Å². The molecule has 2 amide bonds. The highest BCUT2D eigenvalue weighted by Gasteiger charge is 2.36. The second kappa shape index (κ2) is 6.87. The molecule has 0 saturated carbocycles. The summed E-state index contributed by atoms with van der Waals surface area (Å²) in [6.45, 7) is 0.516. The number of imide groups is 1. The third-order valence-electron chi connectivity index (χ3n) is 4.25. The molecule has 4 heterocycles. The van der Waals surface area contributed by atoms with E-state index < -0.39 is 0 Å². The topological polar surface area (TPSA) is 81.7 Å². The van der Waals surface area contributed by atoms with Gasteiger partial charge in [-0.15, -0.1) is 0 Å². The van der Waals surface area contributed by atoms with E-state index in [4.69, 9.17) is 0 Å². The number of aromatic nitrogens is 2. The number of carbonyl (C=O) groups excluding carboxylic acids is 2. The molecule has 1 unspecified atom stereocenters. The molecular formula is C18H16BrN5O2. The summed E-state index contributed by atoms with van der Waals surface area (Å²) in [5.74, 6) is -0.132. The largest absolute Gasteiger partial charge is 0.346 e. The first-order valence-corrected chi connectivity index (χ1v) is 9.16. The zero-order valence-corrected chi connectivity index (χ0v) is 15.4. The number of carbonyl (C=O) groups is 2. The van der Waals surface area contributed by atoms with Crippen molar-refractivity contribution >= 4 is 50.3 Å². The molecule has 0 saturated heterocycles. The molecule has 0 fully saturated rings. The van der Waals surface area contributed by atoms with Gasteiger partial charge < -0.3 is 4.98 Å². The molecule has 1 N–H and O–H groups in total. The summed E-state index contributed by atoms with van der Waals surface area (Å²) in [6, 6.07) is 3.80. The first-order chi connectivity index (χ1) is 12.6. The van der Waals surface area contributed by atoms with Gasteiger partial charge in [0.2, 0.25) is 11.8 Å². The number of hydrogen-bond donors (Lipinski definition) is 1. The van der Waals surface area contributed by atoms with Crippen molar-refractivity contribution < 1.29 is 9.59 Å². The number of rotatable bonds is 1. The van der Waals surface area contributed by atoms with Crippen molar-refractivity contribution in [1.29, 1.82) is 0 Å². The molecule has 0 spiro atoms. The molecule has 0 bridgehead atoms. The number of nitrogens with one attached hydrogen (secondary N) is 1. The normalized spacial score (nSPS) is 23.6. The Balaban J connectivity index is 1.71. The lowest BCUT2D eigenvalue weighted by Crippen LogP contribution is -2.44. The van der Waals surface area contributed by atoms with E-state index in [0.29, 0.717) is 12.4 Å². The number of amides is 2. The number of hydrogen-bond acceptors (Lipinski definition) is 5. The van der Waals surface area contributed by atoms with E-state index in [-0.39, 0.29) is 29.5 Å². The fourth-order valence-electron chi connectivity index (χ4n) is 3.04. The minimum Gasteiger partial charge on any atom is -0.346 e. The van der Waals surface area contributed by atoms with Gasteiger partial charge in [-0.3, -0.25) is 14.6 Å². The Bertz CT molecular complexity index is 935. The standard InChI is InChI=1S/C18H16BrN5O2/c19-13-11-23(14-8-10-21-17-12(14)7-9-20-17)22-18(13)24-15(25)5-3-1-2-4-6-16(24)26/h1-4,7-10,13H,5-6,11H2,(H,20,21)/b3-1-,4-2-.